The molecule has 0 saturated heterocycles. The Hall–Kier alpha value is -1.33. The Labute approximate surface area is 100 Å². The van der Waals surface area contributed by atoms with Gasteiger partial charge in [0.15, 0.2) is 5.76 Å². The van der Waals surface area contributed by atoms with Crippen molar-refractivity contribution in [3.05, 3.63) is 23.7 Å². The molecule has 0 unspecified atom stereocenters. The molecule has 1 aromatic heterocycles. The van der Waals surface area contributed by atoms with Crippen LogP contribution >= 0.6 is 0 Å². The lowest BCUT2D eigenvalue weighted by Gasteiger charge is -2.34. The Morgan fingerprint density at radius 1 is 1.59 bits per heavy atom. The van der Waals surface area contributed by atoms with E-state index in [-0.39, 0.29) is 12.0 Å². The van der Waals surface area contributed by atoms with Crippen LogP contribution in [-0.4, -0.2) is 35.6 Å². The third kappa shape index (κ3) is 2.68. The van der Waals surface area contributed by atoms with E-state index in [0.29, 0.717) is 30.5 Å². The number of furan rings is 1. The highest BCUT2D eigenvalue weighted by atomic mass is 16.4. The summed E-state index contributed by atoms with van der Waals surface area (Å²) in [7, 11) is 1.75. The first-order valence-corrected chi connectivity index (χ1v) is 5.82. The lowest BCUT2D eigenvalue weighted by atomic mass is 9.82. The van der Waals surface area contributed by atoms with Crippen LogP contribution in [0.5, 0.6) is 0 Å². The molecule has 0 aromatic carbocycles. The molecular weight excluding hydrogens is 220 g/mol. The summed E-state index contributed by atoms with van der Waals surface area (Å²) in [4.78, 5) is 13.6. The van der Waals surface area contributed by atoms with Gasteiger partial charge in [-0.05, 0) is 30.9 Å². The predicted octanol–water partition coefficient (Wildman–Crippen LogP) is 0.581. The van der Waals surface area contributed by atoms with Crippen molar-refractivity contribution in [1.82, 2.24) is 4.90 Å². The van der Waals surface area contributed by atoms with E-state index in [1.165, 1.54) is 0 Å². The summed E-state index contributed by atoms with van der Waals surface area (Å²) in [6.07, 6.45) is 1.38. The van der Waals surface area contributed by atoms with E-state index in [2.05, 4.69) is 0 Å². The van der Waals surface area contributed by atoms with Gasteiger partial charge in [0.05, 0.1) is 12.6 Å². The maximum Gasteiger partial charge on any atom is 0.289 e. The maximum atomic E-state index is 12.0. The molecule has 3 N–H and O–H groups in total. The number of hydrogen-bond acceptors (Lipinski definition) is 4. The van der Waals surface area contributed by atoms with Crippen molar-refractivity contribution in [1.29, 1.82) is 0 Å². The highest BCUT2D eigenvalue weighted by Crippen LogP contribution is 2.27. The molecule has 1 aliphatic rings. The average molecular weight is 238 g/mol. The van der Waals surface area contributed by atoms with E-state index < -0.39 is 0 Å². The van der Waals surface area contributed by atoms with Gasteiger partial charge in [-0.3, -0.25) is 4.79 Å². The minimum absolute atomic E-state index is 0.133. The second-order valence-electron chi connectivity index (χ2n) is 4.65. The molecule has 94 valence electrons. The monoisotopic (exact) mass is 238 g/mol. The fourth-order valence-corrected chi connectivity index (χ4v) is 2.11. The third-order valence-electron chi connectivity index (χ3n) is 3.16. The number of hydrogen-bond donors (Lipinski definition) is 2. The zero-order valence-corrected chi connectivity index (χ0v) is 9.93. The van der Waals surface area contributed by atoms with Gasteiger partial charge in [0.2, 0.25) is 0 Å². The second kappa shape index (κ2) is 4.89. The third-order valence-corrected chi connectivity index (χ3v) is 3.16. The highest BCUT2D eigenvalue weighted by Gasteiger charge is 2.29. The van der Waals surface area contributed by atoms with Gasteiger partial charge < -0.3 is 20.2 Å². The van der Waals surface area contributed by atoms with Crippen molar-refractivity contribution in [3.63, 3.8) is 0 Å². The van der Waals surface area contributed by atoms with Crippen LogP contribution in [0, 0.1) is 5.92 Å². The Balaban J connectivity index is 1.90. The van der Waals surface area contributed by atoms with Crippen LogP contribution in [-0.2, 0) is 6.54 Å². The Morgan fingerprint density at radius 3 is 2.82 bits per heavy atom. The number of aliphatic hydroxyl groups is 1. The topological polar surface area (TPSA) is 79.7 Å². The first-order valence-electron chi connectivity index (χ1n) is 5.82. The lowest BCUT2D eigenvalue weighted by molar-refractivity contribution is 0.0257. The van der Waals surface area contributed by atoms with E-state index in [1.54, 1.807) is 24.1 Å². The van der Waals surface area contributed by atoms with Crippen molar-refractivity contribution in [2.75, 3.05) is 13.6 Å². The zero-order valence-electron chi connectivity index (χ0n) is 9.93. The molecular formula is C12H18N2O3. The first kappa shape index (κ1) is 12.1. The van der Waals surface area contributed by atoms with Gasteiger partial charge in [0, 0.05) is 13.6 Å². The van der Waals surface area contributed by atoms with E-state index in [9.17, 15) is 9.90 Å². The van der Waals surface area contributed by atoms with Crippen LogP contribution in [0.3, 0.4) is 0 Å². The first-order chi connectivity index (χ1) is 8.10. The summed E-state index contributed by atoms with van der Waals surface area (Å²) in [5, 5.41) is 9.19. The number of rotatable bonds is 4. The van der Waals surface area contributed by atoms with Gasteiger partial charge in [-0.2, -0.15) is 0 Å². The van der Waals surface area contributed by atoms with E-state index in [0.717, 1.165) is 12.8 Å². The minimum atomic E-state index is -0.184. The smallest absolute Gasteiger partial charge is 0.289 e. The van der Waals surface area contributed by atoms with Gasteiger partial charge >= 0.3 is 0 Å². The number of carbonyl (C=O) groups excluding carboxylic acids is 1. The molecule has 2 rings (SSSR count). The summed E-state index contributed by atoms with van der Waals surface area (Å²) in [5.41, 5.74) is 5.42. The van der Waals surface area contributed by atoms with E-state index >= 15 is 0 Å². The summed E-state index contributed by atoms with van der Waals surface area (Å²) in [6.45, 7) is 0.959. The Morgan fingerprint density at radius 2 is 2.29 bits per heavy atom. The molecule has 0 radical (unpaired) electrons. The summed E-state index contributed by atoms with van der Waals surface area (Å²) in [5.74, 6) is 1.21. The van der Waals surface area contributed by atoms with Crippen molar-refractivity contribution in [2.45, 2.75) is 25.5 Å². The van der Waals surface area contributed by atoms with Crippen LogP contribution in [0.1, 0.15) is 29.2 Å². The number of nitrogens with two attached hydrogens (primary N) is 1. The fourth-order valence-electron chi connectivity index (χ4n) is 2.11. The lowest BCUT2D eigenvalue weighted by Crippen LogP contribution is -2.39. The number of amides is 1. The van der Waals surface area contributed by atoms with E-state index in [1.807, 2.05) is 0 Å². The highest BCUT2D eigenvalue weighted by molar-refractivity contribution is 5.91. The number of nitrogens with zero attached hydrogens (tertiary/aromatic N) is 1. The van der Waals surface area contributed by atoms with Crippen molar-refractivity contribution in [2.24, 2.45) is 11.7 Å². The van der Waals surface area contributed by atoms with Gasteiger partial charge in [-0.25, -0.2) is 0 Å². The Bertz CT molecular complexity index is 396. The average Bonchev–Trinajstić information content (AvgIpc) is 2.74. The molecule has 0 atom stereocenters. The van der Waals surface area contributed by atoms with Gasteiger partial charge in [-0.15, -0.1) is 0 Å². The second-order valence-corrected chi connectivity index (χ2v) is 4.65. The SMILES string of the molecule is CN(CC1CC(O)C1)C(=O)c1ccc(CN)o1. The fraction of sp³-hybridized carbons (Fsp3) is 0.583. The predicted molar refractivity (Wildman–Crippen MR) is 62.3 cm³/mol. The molecule has 5 nitrogen and oxygen atoms in total. The molecule has 1 amide bonds. The molecule has 17 heavy (non-hydrogen) atoms. The van der Waals surface area contributed by atoms with Crippen LogP contribution in [0.15, 0.2) is 16.5 Å². The van der Waals surface area contributed by atoms with E-state index in [4.69, 9.17) is 10.2 Å². The van der Waals surface area contributed by atoms with Crippen molar-refractivity contribution in [3.8, 4) is 0 Å². The molecule has 1 heterocycles. The number of aliphatic hydroxyl groups excluding tert-OH is 1. The summed E-state index contributed by atoms with van der Waals surface area (Å²) >= 11 is 0. The molecule has 0 spiro atoms. The van der Waals surface area contributed by atoms with Crippen LogP contribution < -0.4 is 5.73 Å². The minimum Gasteiger partial charge on any atom is -0.455 e. The van der Waals surface area contributed by atoms with Crippen LogP contribution in [0.2, 0.25) is 0 Å². The van der Waals surface area contributed by atoms with Crippen molar-refractivity contribution < 1.29 is 14.3 Å². The summed E-state index contributed by atoms with van der Waals surface area (Å²) in [6, 6.07) is 3.37. The molecule has 0 aliphatic heterocycles. The summed E-state index contributed by atoms with van der Waals surface area (Å²) < 4.78 is 5.30. The molecule has 1 saturated carbocycles. The Kier molecular flexibility index (Phi) is 3.49. The van der Waals surface area contributed by atoms with Crippen LogP contribution in [0.25, 0.3) is 0 Å². The quantitative estimate of drug-likeness (QED) is 0.804. The molecule has 0 bridgehead atoms. The largest absolute Gasteiger partial charge is 0.455 e. The molecule has 1 fully saturated rings. The zero-order chi connectivity index (χ0) is 12.4. The van der Waals surface area contributed by atoms with Crippen LogP contribution in [0.4, 0.5) is 0 Å². The van der Waals surface area contributed by atoms with Crippen molar-refractivity contribution >= 4 is 5.91 Å². The van der Waals surface area contributed by atoms with Gasteiger partial charge in [0.1, 0.15) is 5.76 Å². The van der Waals surface area contributed by atoms with Gasteiger partial charge in [0.25, 0.3) is 5.91 Å². The molecule has 1 aliphatic carbocycles. The standard InChI is InChI=1S/C12H18N2O3/c1-14(7-8-4-9(15)5-8)12(16)11-3-2-10(6-13)17-11/h2-3,8-9,15H,4-7,13H2,1H3. The molecule has 1 aromatic rings. The number of carbonyl (C=O) groups is 1. The maximum absolute atomic E-state index is 12.0. The normalized spacial score (nSPS) is 23.2. The molecule has 5 heteroatoms. The van der Waals surface area contributed by atoms with Gasteiger partial charge in [-0.1, -0.05) is 0 Å².